The summed E-state index contributed by atoms with van der Waals surface area (Å²) >= 11 is 6.42. The number of carbonyl (C=O) groups excluding carboxylic acids is 1. The number of benzene rings is 3. The third-order valence-electron chi connectivity index (χ3n) is 7.89. The molecule has 1 amide bonds. The van der Waals surface area contributed by atoms with E-state index in [4.69, 9.17) is 16.3 Å². The minimum absolute atomic E-state index is 0.0733. The number of piperidine rings is 1. The number of likely N-dealkylation sites (tertiary alicyclic amines) is 1. The van der Waals surface area contributed by atoms with Crippen LogP contribution >= 0.6 is 11.6 Å². The molecule has 0 radical (unpaired) electrons. The maximum absolute atomic E-state index is 13.8. The molecule has 1 fully saturated rings. The largest absolute Gasteiger partial charge is 0.497 e. The van der Waals surface area contributed by atoms with Crippen molar-refractivity contribution in [2.24, 2.45) is 5.92 Å². The van der Waals surface area contributed by atoms with Crippen LogP contribution in [0.1, 0.15) is 50.8 Å². The molecule has 0 bridgehead atoms. The van der Waals surface area contributed by atoms with Crippen molar-refractivity contribution in [3.63, 3.8) is 0 Å². The third kappa shape index (κ3) is 4.67. The maximum atomic E-state index is 13.8. The highest BCUT2D eigenvalue weighted by Crippen LogP contribution is 2.44. The number of rotatable bonds is 6. The average molecular weight is 479 g/mol. The van der Waals surface area contributed by atoms with Gasteiger partial charge < -0.3 is 15.0 Å². The maximum Gasteiger partial charge on any atom is 0.224 e. The number of amides is 1. The van der Waals surface area contributed by atoms with Gasteiger partial charge in [-0.05, 0) is 86.4 Å². The van der Waals surface area contributed by atoms with Crippen LogP contribution in [-0.4, -0.2) is 37.6 Å². The average Bonchev–Trinajstić information content (AvgIpc) is 2.84. The zero-order chi connectivity index (χ0) is 24.5. The zero-order valence-corrected chi connectivity index (χ0v) is 21.5. The van der Waals surface area contributed by atoms with Crippen LogP contribution in [0.25, 0.3) is 10.8 Å². The molecule has 5 heteroatoms. The highest BCUT2D eigenvalue weighted by atomic mass is 35.5. The topological polar surface area (TPSA) is 41.6 Å². The van der Waals surface area contributed by atoms with Crippen LogP contribution in [0, 0.1) is 5.92 Å². The second kappa shape index (κ2) is 9.97. The first-order valence-electron chi connectivity index (χ1n) is 12.1. The first kappa shape index (κ1) is 24.6. The third-order valence-corrected chi connectivity index (χ3v) is 8.11. The second-order valence-electron chi connectivity index (χ2n) is 9.84. The Hall–Kier alpha value is -2.56. The summed E-state index contributed by atoms with van der Waals surface area (Å²) in [4.78, 5) is 16.1. The number of ether oxygens (including phenoxy) is 1. The van der Waals surface area contributed by atoms with Crippen molar-refractivity contribution in [3.8, 4) is 5.75 Å². The zero-order valence-electron chi connectivity index (χ0n) is 20.8. The van der Waals surface area contributed by atoms with E-state index in [2.05, 4.69) is 55.4 Å². The molecule has 1 N–H and O–H groups in total. The molecule has 34 heavy (non-hydrogen) atoms. The van der Waals surface area contributed by atoms with Gasteiger partial charge in [0.15, 0.2) is 0 Å². The Morgan fingerprint density at radius 2 is 1.85 bits per heavy atom. The fourth-order valence-electron chi connectivity index (χ4n) is 5.54. The number of halogens is 1. The van der Waals surface area contributed by atoms with Gasteiger partial charge in [0, 0.05) is 22.4 Å². The van der Waals surface area contributed by atoms with Crippen molar-refractivity contribution < 1.29 is 9.53 Å². The first-order valence-corrected chi connectivity index (χ1v) is 12.5. The van der Waals surface area contributed by atoms with Crippen molar-refractivity contribution >= 4 is 28.3 Å². The lowest BCUT2D eigenvalue weighted by molar-refractivity contribution is -0.128. The van der Waals surface area contributed by atoms with Gasteiger partial charge in [-0.15, -0.1) is 0 Å². The minimum atomic E-state index is -0.238. The SMILES string of the molecule is COc1ccc(C2(C(C)C(=O)NC(C)c3cc(Cl)cc4ccccc34)CCN(C)C(C)C2)cc1. The molecule has 0 spiro atoms. The van der Waals surface area contributed by atoms with Gasteiger partial charge in [-0.25, -0.2) is 0 Å². The summed E-state index contributed by atoms with van der Waals surface area (Å²) in [5.74, 6) is 0.715. The van der Waals surface area contributed by atoms with Gasteiger partial charge in [-0.1, -0.05) is 54.9 Å². The molecular formula is C29H35ClN2O2. The number of fused-ring (bicyclic) bond motifs is 1. The summed E-state index contributed by atoms with van der Waals surface area (Å²) in [7, 11) is 3.85. The molecule has 0 aliphatic carbocycles. The molecule has 180 valence electrons. The number of hydrogen-bond acceptors (Lipinski definition) is 3. The number of carbonyl (C=O) groups is 1. The molecule has 0 saturated carbocycles. The van der Waals surface area contributed by atoms with Crippen LogP contribution in [-0.2, 0) is 10.2 Å². The van der Waals surface area contributed by atoms with Crippen LogP contribution in [0.5, 0.6) is 5.75 Å². The van der Waals surface area contributed by atoms with E-state index in [1.54, 1.807) is 7.11 Å². The molecule has 1 saturated heterocycles. The Kier molecular flexibility index (Phi) is 7.20. The molecule has 4 nitrogen and oxygen atoms in total. The minimum Gasteiger partial charge on any atom is -0.497 e. The van der Waals surface area contributed by atoms with Crippen molar-refractivity contribution in [1.29, 1.82) is 0 Å². The summed E-state index contributed by atoms with van der Waals surface area (Å²) in [5, 5.41) is 6.20. The Labute approximate surface area is 208 Å². The van der Waals surface area contributed by atoms with E-state index >= 15 is 0 Å². The van der Waals surface area contributed by atoms with Gasteiger partial charge in [0.25, 0.3) is 0 Å². The molecule has 1 aliphatic rings. The summed E-state index contributed by atoms with van der Waals surface area (Å²) in [6, 6.07) is 20.6. The summed E-state index contributed by atoms with van der Waals surface area (Å²) in [6.45, 7) is 7.34. The van der Waals surface area contributed by atoms with E-state index in [1.807, 2.05) is 43.3 Å². The Bertz CT molecular complexity index is 1160. The van der Waals surface area contributed by atoms with Crippen molar-refractivity contribution in [3.05, 3.63) is 76.8 Å². The number of hydrogen-bond donors (Lipinski definition) is 1. The van der Waals surface area contributed by atoms with Gasteiger partial charge >= 0.3 is 0 Å². The molecule has 3 aromatic carbocycles. The number of methoxy groups -OCH3 is 1. The fourth-order valence-corrected chi connectivity index (χ4v) is 5.77. The van der Waals surface area contributed by atoms with Crippen molar-refractivity contribution in [1.82, 2.24) is 10.2 Å². The van der Waals surface area contributed by atoms with Crippen molar-refractivity contribution in [2.45, 2.75) is 51.1 Å². The molecular weight excluding hydrogens is 444 g/mol. The number of nitrogens with zero attached hydrogens (tertiary/aromatic N) is 1. The molecule has 1 aliphatic heterocycles. The molecule has 4 atom stereocenters. The van der Waals surface area contributed by atoms with E-state index < -0.39 is 0 Å². The molecule has 1 heterocycles. The van der Waals surface area contributed by atoms with Crippen LogP contribution in [0.15, 0.2) is 60.7 Å². The predicted molar refractivity (Wildman–Crippen MR) is 141 cm³/mol. The van der Waals surface area contributed by atoms with E-state index in [1.165, 1.54) is 5.56 Å². The number of nitrogens with one attached hydrogen (secondary N) is 1. The Morgan fingerprint density at radius 1 is 1.15 bits per heavy atom. The van der Waals surface area contributed by atoms with Gasteiger partial charge in [0.1, 0.15) is 5.75 Å². The van der Waals surface area contributed by atoms with Gasteiger partial charge in [0.05, 0.1) is 13.2 Å². The Morgan fingerprint density at radius 3 is 2.53 bits per heavy atom. The van der Waals surface area contributed by atoms with Gasteiger partial charge in [0.2, 0.25) is 5.91 Å². The Balaban J connectivity index is 1.64. The van der Waals surface area contributed by atoms with E-state index in [0.717, 1.165) is 41.5 Å². The summed E-state index contributed by atoms with van der Waals surface area (Å²) in [5.41, 5.74) is 2.01. The van der Waals surface area contributed by atoms with Crippen molar-refractivity contribution in [2.75, 3.05) is 20.7 Å². The predicted octanol–water partition coefficient (Wildman–Crippen LogP) is 6.37. The monoisotopic (exact) mass is 478 g/mol. The van der Waals surface area contributed by atoms with Gasteiger partial charge in [-0.3, -0.25) is 4.79 Å². The van der Waals surface area contributed by atoms with Gasteiger partial charge in [-0.2, -0.15) is 0 Å². The quantitative estimate of drug-likeness (QED) is 0.447. The van der Waals surface area contributed by atoms with Crippen LogP contribution in [0.4, 0.5) is 0 Å². The molecule has 4 unspecified atom stereocenters. The van der Waals surface area contributed by atoms with E-state index in [0.29, 0.717) is 11.1 Å². The van der Waals surface area contributed by atoms with E-state index in [-0.39, 0.29) is 23.3 Å². The van der Waals surface area contributed by atoms with Crippen LogP contribution < -0.4 is 10.1 Å². The van der Waals surface area contributed by atoms with E-state index in [9.17, 15) is 4.79 Å². The lowest BCUT2D eigenvalue weighted by Crippen LogP contribution is -2.52. The lowest BCUT2D eigenvalue weighted by Gasteiger charge is -2.48. The fraction of sp³-hybridized carbons (Fsp3) is 0.414. The standard InChI is InChI=1S/C29H35ClN2O2/c1-19-18-29(14-15-32(19)4,23-10-12-25(34-5)13-11-23)20(2)28(33)31-21(3)27-17-24(30)16-22-8-6-7-9-26(22)27/h6-13,16-17,19-21H,14-15,18H2,1-5H3,(H,31,33). The highest BCUT2D eigenvalue weighted by Gasteiger charge is 2.45. The second-order valence-corrected chi connectivity index (χ2v) is 10.3. The molecule has 3 aromatic rings. The van der Waals surface area contributed by atoms with Crippen LogP contribution in [0.3, 0.4) is 0 Å². The summed E-state index contributed by atoms with van der Waals surface area (Å²) < 4.78 is 5.38. The lowest BCUT2D eigenvalue weighted by atomic mass is 9.63. The van der Waals surface area contributed by atoms with Crippen LogP contribution in [0.2, 0.25) is 5.02 Å². The molecule has 4 rings (SSSR count). The highest BCUT2D eigenvalue weighted by molar-refractivity contribution is 6.31. The first-order chi connectivity index (χ1) is 16.2. The smallest absolute Gasteiger partial charge is 0.224 e. The normalized spacial score (nSPS) is 22.8. The summed E-state index contributed by atoms with van der Waals surface area (Å²) in [6.07, 6.45) is 1.86. The molecule has 0 aromatic heterocycles.